The van der Waals surface area contributed by atoms with Crippen molar-refractivity contribution in [1.29, 1.82) is 0 Å². The van der Waals surface area contributed by atoms with Crippen LogP contribution < -0.4 is 0 Å². The number of morpholine rings is 1. The van der Waals surface area contributed by atoms with Gasteiger partial charge < -0.3 is 14.4 Å². The molecule has 19 heavy (non-hydrogen) atoms. The first-order valence-electron chi connectivity index (χ1n) is 7.45. The fourth-order valence-corrected chi connectivity index (χ4v) is 3.08. The number of amides is 1. The number of carbonyl (C=O) groups excluding carboxylic acids is 1. The maximum Gasteiger partial charge on any atom is 0.228 e. The van der Waals surface area contributed by atoms with E-state index in [9.17, 15) is 4.79 Å². The number of carbonyl (C=O) groups is 1. The van der Waals surface area contributed by atoms with E-state index in [0.717, 1.165) is 32.2 Å². The molecule has 4 heteroatoms. The molecule has 0 aromatic heterocycles. The van der Waals surface area contributed by atoms with Crippen LogP contribution in [0.15, 0.2) is 0 Å². The molecule has 110 valence electrons. The maximum absolute atomic E-state index is 12.7. The number of ether oxygens (including phenoxy) is 2. The normalized spacial score (nSPS) is 32.0. The lowest BCUT2D eigenvalue weighted by atomic mass is 9.83. The molecule has 0 N–H and O–H groups in total. The van der Waals surface area contributed by atoms with Crippen molar-refractivity contribution in [2.45, 2.75) is 64.7 Å². The van der Waals surface area contributed by atoms with Crippen LogP contribution in [-0.2, 0) is 14.3 Å². The summed E-state index contributed by atoms with van der Waals surface area (Å²) in [7, 11) is 1.76. The van der Waals surface area contributed by atoms with Crippen molar-refractivity contribution in [2.24, 2.45) is 5.41 Å². The van der Waals surface area contributed by atoms with Crippen molar-refractivity contribution in [1.82, 2.24) is 4.90 Å². The van der Waals surface area contributed by atoms with Crippen LogP contribution >= 0.6 is 0 Å². The summed E-state index contributed by atoms with van der Waals surface area (Å²) in [5.41, 5.74) is -0.276. The van der Waals surface area contributed by atoms with Crippen molar-refractivity contribution in [3.8, 4) is 0 Å². The van der Waals surface area contributed by atoms with Crippen molar-refractivity contribution >= 4 is 5.91 Å². The van der Waals surface area contributed by atoms with Crippen LogP contribution in [0.5, 0.6) is 0 Å². The third-order valence-electron chi connectivity index (χ3n) is 4.83. The van der Waals surface area contributed by atoms with E-state index in [1.165, 1.54) is 0 Å². The molecule has 2 aliphatic rings. The molecule has 0 aromatic rings. The van der Waals surface area contributed by atoms with E-state index in [-0.39, 0.29) is 29.6 Å². The minimum atomic E-state index is -0.276. The molecule has 2 fully saturated rings. The van der Waals surface area contributed by atoms with Gasteiger partial charge in [-0.25, -0.2) is 0 Å². The Morgan fingerprint density at radius 1 is 1.42 bits per heavy atom. The molecule has 3 unspecified atom stereocenters. The maximum atomic E-state index is 12.7. The lowest BCUT2D eigenvalue weighted by molar-refractivity contribution is -0.163. The van der Waals surface area contributed by atoms with Crippen LogP contribution in [0, 0.1) is 5.41 Å². The summed E-state index contributed by atoms with van der Waals surface area (Å²) in [6.45, 7) is 7.55. The Kier molecular flexibility index (Phi) is 4.51. The van der Waals surface area contributed by atoms with Crippen molar-refractivity contribution < 1.29 is 14.3 Å². The summed E-state index contributed by atoms with van der Waals surface area (Å²) < 4.78 is 11.3. The summed E-state index contributed by atoms with van der Waals surface area (Å²) in [5, 5.41) is 0. The molecule has 1 saturated carbocycles. The Labute approximate surface area is 116 Å². The predicted molar refractivity (Wildman–Crippen MR) is 74.0 cm³/mol. The zero-order chi connectivity index (χ0) is 14.0. The van der Waals surface area contributed by atoms with Crippen LogP contribution in [-0.4, -0.2) is 49.3 Å². The zero-order valence-corrected chi connectivity index (χ0v) is 12.6. The molecule has 4 nitrogen and oxygen atoms in total. The smallest absolute Gasteiger partial charge is 0.228 e. The van der Waals surface area contributed by atoms with Crippen LogP contribution in [0.4, 0.5) is 0 Å². The molecule has 1 aliphatic carbocycles. The molecule has 2 rings (SSSR count). The van der Waals surface area contributed by atoms with Crippen molar-refractivity contribution in [3.63, 3.8) is 0 Å². The summed E-state index contributed by atoms with van der Waals surface area (Å²) in [4.78, 5) is 14.8. The van der Waals surface area contributed by atoms with Gasteiger partial charge in [-0.1, -0.05) is 20.8 Å². The lowest BCUT2D eigenvalue weighted by Crippen LogP contribution is -2.59. The summed E-state index contributed by atoms with van der Waals surface area (Å²) in [6.07, 6.45) is 4.29. The minimum absolute atomic E-state index is 0.200. The Hall–Kier alpha value is -0.610. The van der Waals surface area contributed by atoms with Gasteiger partial charge in [0.05, 0.1) is 24.9 Å². The standard InChI is InChI=1S/C15H27NO3/c1-5-15(2,3)14(17)16-8-9-19-13-7-6-11(18-4)10-12(13)16/h11-13H,5-10H2,1-4H3. The Balaban J connectivity index is 2.12. The molecule has 3 atom stereocenters. The zero-order valence-electron chi connectivity index (χ0n) is 12.6. The SMILES string of the molecule is CCC(C)(C)C(=O)N1CCOC2CCC(OC)CC21. The fraction of sp³-hybridized carbons (Fsp3) is 0.933. The first-order chi connectivity index (χ1) is 8.99. The largest absolute Gasteiger partial charge is 0.381 e. The second-order valence-electron chi connectivity index (χ2n) is 6.38. The van der Waals surface area contributed by atoms with Gasteiger partial charge in [-0.15, -0.1) is 0 Å². The number of nitrogens with zero attached hydrogens (tertiary/aromatic N) is 1. The van der Waals surface area contributed by atoms with E-state index in [1.807, 2.05) is 13.8 Å². The first kappa shape index (κ1) is 14.8. The molecule has 1 heterocycles. The van der Waals surface area contributed by atoms with E-state index < -0.39 is 0 Å². The first-order valence-corrected chi connectivity index (χ1v) is 7.45. The van der Waals surface area contributed by atoms with Gasteiger partial charge in [0.25, 0.3) is 0 Å². The molecule has 0 radical (unpaired) electrons. The summed E-state index contributed by atoms with van der Waals surface area (Å²) in [5.74, 6) is 0.269. The quantitative estimate of drug-likeness (QED) is 0.788. The molecule has 0 spiro atoms. The number of hydrogen-bond donors (Lipinski definition) is 0. The van der Waals surface area contributed by atoms with Gasteiger partial charge in [0.15, 0.2) is 0 Å². The van der Waals surface area contributed by atoms with Crippen LogP contribution in [0.25, 0.3) is 0 Å². The molecule has 1 saturated heterocycles. The van der Waals surface area contributed by atoms with Crippen molar-refractivity contribution in [2.75, 3.05) is 20.3 Å². The second kappa shape index (κ2) is 5.80. The monoisotopic (exact) mass is 269 g/mol. The van der Waals surface area contributed by atoms with E-state index in [2.05, 4.69) is 11.8 Å². The van der Waals surface area contributed by atoms with Gasteiger partial charge in [0.1, 0.15) is 0 Å². The Bertz CT molecular complexity index is 329. The molecule has 0 bridgehead atoms. The third-order valence-corrected chi connectivity index (χ3v) is 4.83. The van der Waals surface area contributed by atoms with Gasteiger partial charge in [-0.3, -0.25) is 4.79 Å². The van der Waals surface area contributed by atoms with Gasteiger partial charge in [-0.2, -0.15) is 0 Å². The number of fused-ring (bicyclic) bond motifs is 1. The van der Waals surface area contributed by atoms with Crippen LogP contribution in [0.2, 0.25) is 0 Å². The highest BCUT2D eigenvalue weighted by molar-refractivity contribution is 5.82. The predicted octanol–water partition coefficient (Wildman–Crippen LogP) is 2.22. The van der Waals surface area contributed by atoms with Gasteiger partial charge in [-0.05, 0) is 25.7 Å². The molecule has 0 aromatic carbocycles. The van der Waals surface area contributed by atoms with Crippen molar-refractivity contribution in [3.05, 3.63) is 0 Å². The van der Waals surface area contributed by atoms with Crippen LogP contribution in [0.3, 0.4) is 0 Å². The number of methoxy groups -OCH3 is 1. The minimum Gasteiger partial charge on any atom is -0.381 e. The van der Waals surface area contributed by atoms with E-state index in [4.69, 9.17) is 9.47 Å². The summed E-state index contributed by atoms with van der Waals surface area (Å²) in [6, 6.07) is 0.200. The molecular formula is C15H27NO3. The van der Waals surface area contributed by atoms with E-state index in [0.29, 0.717) is 6.61 Å². The molecular weight excluding hydrogens is 242 g/mol. The highest BCUT2D eigenvalue weighted by atomic mass is 16.5. The third kappa shape index (κ3) is 2.95. The van der Waals surface area contributed by atoms with Gasteiger partial charge >= 0.3 is 0 Å². The highest BCUT2D eigenvalue weighted by Crippen LogP contribution is 2.33. The van der Waals surface area contributed by atoms with E-state index >= 15 is 0 Å². The molecule has 1 aliphatic heterocycles. The summed E-state index contributed by atoms with van der Waals surface area (Å²) >= 11 is 0. The second-order valence-corrected chi connectivity index (χ2v) is 6.38. The van der Waals surface area contributed by atoms with Gasteiger partial charge in [0.2, 0.25) is 5.91 Å². The van der Waals surface area contributed by atoms with E-state index in [1.54, 1.807) is 7.11 Å². The topological polar surface area (TPSA) is 38.8 Å². The average molecular weight is 269 g/mol. The Morgan fingerprint density at radius 3 is 2.79 bits per heavy atom. The van der Waals surface area contributed by atoms with Crippen LogP contribution in [0.1, 0.15) is 46.5 Å². The number of rotatable bonds is 3. The number of hydrogen-bond acceptors (Lipinski definition) is 3. The highest BCUT2D eigenvalue weighted by Gasteiger charge is 2.43. The molecule has 1 amide bonds. The lowest BCUT2D eigenvalue weighted by Gasteiger charge is -2.47. The van der Waals surface area contributed by atoms with Gasteiger partial charge in [0, 0.05) is 19.1 Å². The Morgan fingerprint density at radius 2 is 2.16 bits per heavy atom. The fourth-order valence-electron chi connectivity index (χ4n) is 3.08. The average Bonchev–Trinajstić information content (AvgIpc) is 2.45.